The molecule has 1 aliphatic heterocycles. The first kappa shape index (κ1) is 16.1. The van der Waals surface area contributed by atoms with Crippen molar-refractivity contribution >= 4 is 18.0 Å². The van der Waals surface area contributed by atoms with Crippen molar-refractivity contribution in [3.63, 3.8) is 0 Å². The van der Waals surface area contributed by atoms with Gasteiger partial charge >= 0.3 is 0 Å². The number of hydrogen-bond acceptors (Lipinski definition) is 2. The smallest absolute Gasteiger partial charge is 0.103 e. The Morgan fingerprint density at radius 2 is 1.50 bits per heavy atom. The van der Waals surface area contributed by atoms with Crippen molar-refractivity contribution in [1.29, 1.82) is 0 Å². The van der Waals surface area contributed by atoms with Crippen LogP contribution < -0.4 is 0 Å². The van der Waals surface area contributed by atoms with E-state index in [1.54, 1.807) is 0 Å². The van der Waals surface area contributed by atoms with Crippen molar-refractivity contribution in [2.24, 2.45) is 4.99 Å². The van der Waals surface area contributed by atoms with Crippen molar-refractivity contribution in [3.8, 4) is 0 Å². The highest BCUT2D eigenvalue weighted by atomic mass is 32.2. The van der Waals surface area contributed by atoms with E-state index < -0.39 is 0 Å². The van der Waals surface area contributed by atoms with Crippen LogP contribution in [0.4, 0.5) is 0 Å². The van der Waals surface area contributed by atoms with Gasteiger partial charge in [0.2, 0.25) is 0 Å². The number of thioether (sulfide) groups is 1. The number of aliphatic imine (C=N–C) groups is 1. The summed E-state index contributed by atoms with van der Waals surface area (Å²) in [7, 11) is 0. The monoisotopic (exact) mass is 269 g/mol. The Labute approximate surface area is 118 Å². The Morgan fingerprint density at radius 3 is 2.00 bits per heavy atom. The lowest BCUT2D eigenvalue weighted by atomic mass is 10.0. The van der Waals surface area contributed by atoms with E-state index >= 15 is 0 Å². The molecule has 0 N–H and O–H groups in total. The van der Waals surface area contributed by atoms with Crippen molar-refractivity contribution in [2.75, 3.05) is 5.75 Å². The summed E-state index contributed by atoms with van der Waals surface area (Å²) in [6, 6.07) is 0. The van der Waals surface area contributed by atoms with Crippen molar-refractivity contribution < 1.29 is 0 Å². The normalized spacial score (nSPS) is 22.8. The third kappa shape index (κ3) is 7.45. The van der Waals surface area contributed by atoms with Gasteiger partial charge in [0.1, 0.15) is 4.87 Å². The molecule has 1 rings (SSSR count). The molecule has 0 spiro atoms. The summed E-state index contributed by atoms with van der Waals surface area (Å²) in [4.78, 5) is 4.80. The van der Waals surface area contributed by atoms with E-state index in [0.29, 0.717) is 0 Å². The third-order valence-electron chi connectivity index (χ3n) is 3.83. The van der Waals surface area contributed by atoms with Crippen LogP contribution in [0.3, 0.4) is 0 Å². The molecule has 0 saturated heterocycles. The van der Waals surface area contributed by atoms with Gasteiger partial charge in [-0.3, -0.25) is 4.99 Å². The van der Waals surface area contributed by atoms with E-state index in [1.807, 2.05) is 11.8 Å². The molecule has 1 nitrogen and oxygen atoms in total. The van der Waals surface area contributed by atoms with Crippen LogP contribution in [0.1, 0.15) is 84.5 Å². The molecule has 0 aromatic heterocycles. The molecule has 18 heavy (non-hydrogen) atoms. The van der Waals surface area contributed by atoms with Crippen LogP contribution in [0.2, 0.25) is 0 Å². The molecule has 2 heteroatoms. The standard InChI is InChI=1S/C16H31NS/c1-3-4-5-6-7-8-9-10-11-12-13-16(2)17-14-15-18-16/h14H,3-13,15H2,1-2H3. The fraction of sp³-hybridized carbons (Fsp3) is 0.938. The van der Waals surface area contributed by atoms with Gasteiger partial charge in [0.15, 0.2) is 0 Å². The summed E-state index contributed by atoms with van der Waals surface area (Å²) >= 11 is 2.00. The zero-order chi connectivity index (χ0) is 13.1. The molecule has 1 atom stereocenters. The van der Waals surface area contributed by atoms with Crippen LogP contribution >= 0.6 is 11.8 Å². The van der Waals surface area contributed by atoms with Gasteiger partial charge in [-0.15, -0.1) is 11.8 Å². The first-order valence-electron chi connectivity index (χ1n) is 7.94. The molecule has 0 fully saturated rings. The Bertz CT molecular complexity index is 227. The van der Waals surface area contributed by atoms with E-state index in [2.05, 4.69) is 25.1 Å². The Hall–Kier alpha value is 0.0200. The van der Waals surface area contributed by atoms with E-state index in [-0.39, 0.29) is 4.87 Å². The second-order valence-corrected chi connectivity index (χ2v) is 7.23. The van der Waals surface area contributed by atoms with E-state index in [4.69, 9.17) is 0 Å². The van der Waals surface area contributed by atoms with Gasteiger partial charge in [-0.2, -0.15) is 0 Å². The molecular formula is C16H31NS. The first-order valence-corrected chi connectivity index (χ1v) is 8.93. The molecule has 1 aliphatic rings. The maximum absolute atomic E-state index is 4.58. The fourth-order valence-corrected chi connectivity index (χ4v) is 3.51. The highest BCUT2D eigenvalue weighted by Gasteiger charge is 2.25. The minimum absolute atomic E-state index is 0.222. The quantitative estimate of drug-likeness (QED) is 0.430. The molecule has 0 aliphatic carbocycles. The minimum atomic E-state index is 0.222. The molecule has 0 saturated carbocycles. The zero-order valence-corrected chi connectivity index (χ0v) is 13.2. The summed E-state index contributed by atoms with van der Waals surface area (Å²) < 4.78 is 0. The molecule has 0 amide bonds. The van der Waals surface area contributed by atoms with Gasteiger partial charge in [-0.05, 0) is 13.3 Å². The van der Waals surface area contributed by atoms with Crippen molar-refractivity contribution in [3.05, 3.63) is 0 Å². The fourth-order valence-electron chi connectivity index (χ4n) is 2.56. The van der Waals surface area contributed by atoms with Crippen LogP contribution in [0.5, 0.6) is 0 Å². The van der Waals surface area contributed by atoms with Gasteiger partial charge in [0, 0.05) is 12.0 Å². The summed E-state index contributed by atoms with van der Waals surface area (Å²) in [6.07, 6.45) is 17.6. The SMILES string of the molecule is CCCCCCCCCCCCC1(C)N=CCS1. The predicted octanol–water partition coefficient (Wildman–Crippen LogP) is 5.83. The maximum Gasteiger partial charge on any atom is 0.103 e. The number of unbranched alkanes of at least 4 members (excludes halogenated alkanes) is 9. The molecule has 0 aromatic rings. The predicted molar refractivity (Wildman–Crippen MR) is 85.8 cm³/mol. The number of hydrogen-bond donors (Lipinski definition) is 0. The molecule has 1 heterocycles. The van der Waals surface area contributed by atoms with Gasteiger partial charge in [0.25, 0.3) is 0 Å². The third-order valence-corrected chi connectivity index (χ3v) is 5.07. The summed E-state index contributed by atoms with van der Waals surface area (Å²) in [5.41, 5.74) is 0. The minimum Gasteiger partial charge on any atom is -0.279 e. The highest BCUT2D eigenvalue weighted by Crippen LogP contribution is 2.35. The van der Waals surface area contributed by atoms with Crippen LogP contribution in [0, 0.1) is 0 Å². The highest BCUT2D eigenvalue weighted by molar-refractivity contribution is 8.01. The average Bonchev–Trinajstić information content (AvgIpc) is 2.79. The number of nitrogens with zero attached hydrogens (tertiary/aromatic N) is 1. The van der Waals surface area contributed by atoms with Gasteiger partial charge in [-0.25, -0.2) is 0 Å². The van der Waals surface area contributed by atoms with Crippen LogP contribution in [-0.2, 0) is 0 Å². The molecule has 0 radical (unpaired) electrons. The lowest BCUT2D eigenvalue weighted by Gasteiger charge is -2.19. The molecule has 1 unspecified atom stereocenters. The van der Waals surface area contributed by atoms with Gasteiger partial charge in [0.05, 0.1) is 0 Å². The molecule has 0 aromatic carbocycles. The second kappa shape index (κ2) is 9.89. The molecular weight excluding hydrogens is 238 g/mol. The largest absolute Gasteiger partial charge is 0.279 e. The summed E-state index contributed by atoms with van der Waals surface area (Å²) in [5, 5.41) is 0. The van der Waals surface area contributed by atoms with Crippen LogP contribution in [-0.4, -0.2) is 16.8 Å². The van der Waals surface area contributed by atoms with E-state index in [0.717, 1.165) is 5.75 Å². The zero-order valence-electron chi connectivity index (χ0n) is 12.4. The Kier molecular flexibility index (Phi) is 8.83. The number of rotatable bonds is 11. The lowest BCUT2D eigenvalue weighted by Crippen LogP contribution is -2.12. The average molecular weight is 269 g/mol. The van der Waals surface area contributed by atoms with Gasteiger partial charge in [-0.1, -0.05) is 71.1 Å². The van der Waals surface area contributed by atoms with Crippen molar-refractivity contribution in [1.82, 2.24) is 0 Å². The summed E-state index contributed by atoms with van der Waals surface area (Å²) in [5.74, 6) is 1.12. The summed E-state index contributed by atoms with van der Waals surface area (Å²) in [6.45, 7) is 4.57. The van der Waals surface area contributed by atoms with Crippen LogP contribution in [0.15, 0.2) is 4.99 Å². The van der Waals surface area contributed by atoms with Crippen LogP contribution in [0.25, 0.3) is 0 Å². The lowest BCUT2D eigenvalue weighted by molar-refractivity contribution is 0.521. The molecule has 106 valence electrons. The topological polar surface area (TPSA) is 12.4 Å². The van der Waals surface area contributed by atoms with Gasteiger partial charge < -0.3 is 0 Å². The maximum atomic E-state index is 4.58. The Morgan fingerprint density at radius 1 is 0.944 bits per heavy atom. The van der Waals surface area contributed by atoms with Crippen molar-refractivity contribution in [2.45, 2.75) is 89.3 Å². The van der Waals surface area contributed by atoms with E-state index in [1.165, 1.54) is 70.6 Å². The van der Waals surface area contributed by atoms with E-state index in [9.17, 15) is 0 Å². The molecule has 0 bridgehead atoms. The Balaban J connectivity index is 1.80. The second-order valence-electron chi connectivity index (χ2n) is 5.73. The first-order chi connectivity index (χ1) is 8.77.